The van der Waals surface area contributed by atoms with Crippen LogP contribution in [0.4, 0.5) is 0 Å². The summed E-state index contributed by atoms with van der Waals surface area (Å²) in [5.41, 5.74) is 1.31. The number of hydrogen-bond acceptors (Lipinski definition) is 4. The molecule has 1 aromatic heterocycles. The van der Waals surface area contributed by atoms with Crippen molar-refractivity contribution >= 4 is 11.8 Å². The Bertz CT molecular complexity index is 785. The molecular weight excluding hydrogens is 366 g/mol. The SMILES string of the molecule is CCCCOc1ccc(C(=O)NCC2CCN(C(=O)c3ccncc3)CC2)cc1. The van der Waals surface area contributed by atoms with Gasteiger partial charge in [-0.15, -0.1) is 0 Å². The summed E-state index contributed by atoms with van der Waals surface area (Å²) in [5.74, 6) is 1.16. The summed E-state index contributed by atoms with van der Waals surface area (Å²) in [7, 11) is 0. The average molecular weight is 396 g/mol. The van der Waals surface area contributed by atoms with Gasteiger partial charge in [0.2, 0.25) is 0 Å². The van der Waals surface area contributed by atoms with E-state index in [1.165, 1.54) is 0 Å². The number of amides is 2. The number of nitrogens with one attached hydrogen (secondary N) is 1. The minimum absolute atomic E-state index is 0.0520. The number of hydrogen-bond donors (Lipinski definition) is 1. The molecule has 1 saturated heterocycles. The fourth-order valence-corrected chi connectivity index (χ4v) is 3.39. The van der Waals surface area contributed by atoms with Crippen molar-refractivity contribution in [3.05, 3.63) is 59.9 Å². The van der Waals surface area contributed by atoms with Crippen LogP contribution in [0.1, 0.15) is 53.3 Å². The lowest BCUT2D eigenvalue weighted by Gasteiger charge is -2.32. The second-order valence-electron chi connectivity index (χ2n) is 7.41. The zero-order chi connectivity index (χ0) is 20.5. The van der Waals surface area contributed by atoms with Crippen molar-refractivity contribution in [2.45, 2.75) is 32.6 Å². The molecule has 1 aromatic carbocycles. The first-order valence-corrected chi connectivity index (χ1v) is 10.4. The van der Waals surface area contributed by atoms with Crippen LogP contribution in [0.25, 0.3) is 0 Å². The zero-order valence-corrected chi connectivity index (χ0v) is 17.0. The molecule has 3 rings (SSSR count). The van der Waals surface area contributed by atoms with Gasteiger partial charge in [-0.1, -0.05) is 13.3 Å². The lowest BCUT2D eigenvalue weighted by molar-refractivity contribution is 0.0684. The van der Waals surface area contributed by atoms with Gasteiger partial charge in [-0.25, -0.2) is 0 Å². The highest BCUT2D eigenvalue weighted by molar-refractivity contribution is 5.94. The van der Waals surface area contributed by atoms with E-state index in [-0.39, 0.29) is 11.8 Å². The normalized spacial score (nSPS) is 14.4. The molecule has 6 heteroatoms. The summed E-state index contributed by atoms with van der Waals surface area (Å²) in [5, 5.41) is 3.02. The largest absolute Gasteiger partial charge is 0.494 e. The number of ether oxygens (including phenoxy) is 1. The first kappa shape index (κ1) is 20.8. The average Bonchev–Trinajstić information content (AvgIpc) is 2.78. The number of nitrogens with zero attached hydrogens (tertiary/aromatic N) is 2. The van der Waals surface area contributed by atoms with Gasteiger partial charge >= 0.3 is 0 Å². The van der Waals surface area contributed by atoms with Gasteiger partial charge in [0.15, 0.2) is 0 Å². The third kappa shape index (κ3) is 6.04. The summed E-state index contributed by atoms with van der Waals surface area (Å²) in [6.07, 6.45) is 7.17. The Morgan fingerprint density at radius 3 is 2.41 bits per heavy atom. The first-order valence-electron chi connectivity index (χ1n) is 10.4. The van der Waals surface area contributed by atoms with Gasteiger partial charge in [0.05, 0.1) is 6.61 Å². The maximum atomic E-state index is 12.5. The molecule has 0 bridgehead atoms. The lowest BCUT2D eigenvalue weighted by Crippen LogP contribution is -2.41. The molecule has 1 aliphatic rings. The Hall–Kier alpha value is -2.89. The predicted octanol–water partition coefficient (Wildman–Crippen LogP) is 3.54. The Morgan fingerprint density at radius 1 is 1.07 bits per heavy atom. The molecule has 0 aliphatic carbocycles. The van der Waals surface area contributed by atoms with E-state index in [4.69, 9.17) is 4.74 Å². The number of rotatable bonds is 8. The minimum atomic E-state index is -0.0691. The Balaban J connectivity index is 1.41. The standard InChI is InChI=1S/C23H29N3O3/c1-2-3-16-29-21-6-4-19(5-7-21)22(27)25-17-18-10-14-26(15-11-18)23(28)20-8-12-24-13-9-20/h4-9,12-13,18H,2-3,10-11,14-17H2,1H3,(H,25,27). The number of benzene rings is 1. The zero-order valence-electron chi connectivity index (χ0n) is 17.0. The van der Waals surface area contributed by atoms with Crippen LogP contribution in [0.2, 0.25) is 0 Å². The summed E-state index contributed by atoms with van der Waals surface area (Å²) in [6.45, 7) is 4.88. The summed E-state index contributed by atoms with van der Waals surface area (Å²) >= 11 is 0. The number of piperidine rings is 1. The summed E-state index contributed by atoms with van der Waals surface area (Å²) in [6, 6.07) is 10.8. The topological polar surface area (TPSA) is 71.5 Å². The van der Waals surface area contributed by atoms with Crippen LogP contribution in [0.15, 0.2) is 48.8 Å². The van der Waals surface area contributed by atoms with Crippen molar-refractivity contribution in [3.63, 3.8) is 0 Å². The summed E-state index contributed by atoms with van der Waals surface area (Å²) < 4.78 is 5.63. The van der Waals surface area contributed by atoms with Crippen molar-refractivity contribution in [2.75, 3.05) is 26.2 Å². The van der Waals surface area contributed by atoms with Crippen LogP contribution >= 0.6 is 0 Å². The van der Waals surface area contributed by atoms with Crippen LogP contribution in [0.5, 0.6) is 5.75 Å². The number of pyridine rings is 1. The molecule has 0 spiro atoms. The molecule has 154 valence electrons. The Labute approximate surface area is 172 Å². The van der Waals surface area contributed by atoms with Gasteiger partial charge in [0.25, 0.3) is 11.8 Å². The fraction of sp³-hybridized carbons (Fsp3) is 0.435. The number of unbranched alkanes of at least 4 members (excludes halogenated alkanes) is 1. The van der Waals surface area contributed by atoms with E-state index in [0.29, 0.717) is 43.3 Å². The van der Waals surface area contributed by atoms with Gasteiger partial charge in [0, 0.05) is 43.2 Å². The molecule has 2 amide bonds. The third-order valence-corrected chi connectivity index (χ3v) is 5.26. The molecule has 0 atom stereocenters. The Kier molecular flexibility index (Phi) is 7.61. The van der Waals surface area contributed by atoms with E-state index < -0.39 is 0 Å². The smallest absolute Gasteiger partial charge is 0.253 e. The molecule has 1 aliphatic heterocycles. The number of aromatic nitrogens is 1. The van der Waals surface area contributed by atoms with E-state index in [9.17, 15) is 9.59 Å². The molecule has 0 unspecified atom stereocenters. The van der Waals surface area contributed by atoms with Gasteiger partial charge < -0.3 is 15.0 Å². The number of carbonyl (C=O) groups is 2. The highest BCUT2D eigenvalue weighted by Gasteiger charge is 2.24. The molecule has 6 nitrogen and oxygen atoms in total. The van der Waals surface area contributed by atoms with Crippen LogP contribution in [-0.2, 0) is 0 Å². The monoisotopic (exact) mass is 395 g/mol. The lowest BCUT2D eigenvalue weighted by atomic mass is 9.96. The van der Waals surface area contributed by atoms with E-state index in [2.05, 4.69) is 17.2 Å². The van der Waals surface area contributed by atoms with Crippen LogP contribution in [-0.4, -0.2) is 47.9 Å². The van der Waals surface area contributed by atoms with Gasteiger partial charge in [0.1, 0.15) is 5.75 Å². The molecule has 29 heavy (non-hydrogen) atoms. The third-order valence-electron chi connectivity index (χ3n) is 5.26. The van der Waals surface area contributed by atoms with E-state index in [1.807, 2.05) is 17.0 Å². The van der Waals surface area contributed by atoms with Crippen molar-refractivity contribution < 1.29 is 14.3 Å². The van der Waals surface area contributed by atoms with E-state index in [1.54, 1.807) is 36.7 Å². The van der Waals surface area contributed by atoms with Crippen molar-refractivity contribution in [1.29, 1.82) is 0 Å². The van der Waals surface area contributed by atoms with Gasteiger partial charge in [-0.05, 0) is 61.6 Å². The van der Waals surface area contributed by atoms with E-state index in [0.717, 1.165) is 31.4 Å². The molecule has 1 N–H and O–H groups in total. The number of carbonyl (C=O) groups excluding carboxylic acids is 2. The maximum Gasteiger partial charge on any atom is 0.253 e. The second-order valence-corrected chi connectivity index (χ2v) is 7.41. The first-order chi connectivity index (χ1) is 14.2. The highest BCUT2D eigenvalue weighted by Crippen LogP contribution is 2.19. The number of likely N-dealkylation sites (tertiary alicyclic amines) is 1. The molecule has 2 heterocycles. The fourth-order valence-electron chi connectivity index (χ4n) is 3.39. The van der Waals surface area contributed by atoms with Crippen molar-refractivity contribution in [3.8, 4) is 5.75 Å². The van der Waals surface area contributed by atoms with Crippen LogP contribution in [0, 0.1) is 5.92 Å². The van der Waals surface area contributed by atoms with Gasteiger partial charge in [-0.2, -0.15) is 0 Å². The highest BCUT2D eigenvalue weighted by atomic mass is 16.5. The summed E-state index contributed by atoms with van der Waals surface area (Å²) in [4.78, 5) is 30.7. The van der Waals surface area contributed by atoms with Crippen LogP contribution < -0.4 is 10.1 Å². The molecule has 0 radical (unpaired) electrons. The van der Waals surface area contributed by atoms with Crippen molar-refractivity contribution in [1.82, 2.24) is 15.2 Å². The molecular formula is C23H29N3O3. The molecule has 2 aromatic rings. The van der Waals surface area contributed by atoms with Gasteiger partial charge in [-0.3, -0.25) is 14.6 Å². The second kappa shape index (κ2) is 10.6. The van der Waals surface area contributed by atoms with E-state index >= 15 is 0 Å². The predicted molar refractivity (Wildman–Crippen MR) is 112 cm³/mol. The molecule has 0 saturated carbocycles. The maximum absolute atomic E-state index is 12.5. The van der Waals surface area contributed by atoms with Crippen LogP contribution in [0.3, 0.4) is 0 Å². The Morgan fingerprint density at radius 2 is 1.76 bits per heavy atom. The minimum Gasteiger partial charge on any atom is -0.494 e. The molecule has 1 fully saturated rings. The van der Waals surface area contributed by atoms with Crippen molar-refractivity contribution in [2.24, 2.45) is 5.92 Å². The quantitative estimate of drug-likeness (QED) is 0.694.